The summed E-state index contributed by atoms with van der Waals surface area (Å²) in [7, 11) is -3.77. The van der Waals surface area contributed by atoms with Crippen LogP contribution < -0.4 is 4.72 Å². The Balaban J connectivity index is 2.01. The summed E-state index contributed by atoms with van der Waals surface area (Å²) in [6.07, 6.45) is 3.33. The lowest BCUT2D eigenvalue weighted by Crippen LogP contribution is -2.40. The third-order valence-corrected chi connectivity index (χ3v) is 4.94. The summed E-state index contributed by atoms with van der Waals surface area (Å²) < 4.78 is 26.6. The van der Waals surface area contributed by atoms with Crippen molar-refractivity contribution in [2.45, 2.75) is 18.2 Å². The van der Waals surface area contributed by atoms with Gasteiger partial charge in [0.25, 0.3) is 0 Å². The maximum atomic E-state index is 12.2. The smallest absolute Gasteiger partial charge is 0.322 e. The van der Waals surface area contributed by atoms with E-state index in [0.29, 0.717) is 10.6 Å². The number of aliphatic carboxylic acids is 1. The molecule has 0 spiro atoms. The molecule has 25 heavy (non-hydrogen) atoms. The van der Waals surface area contributed by atoms with Gasteiger partial charge in [-0.25, -0.2) is 13.1 Å². The highest BCUT2D eigenvalue weighted by atomic mass is 35.5. The van der Waals surface area contributed by atoms with Crippen LogP contribution in [0.4, 0.5) is 0 Å². The van der Waals surface area contributed by atoms with Crippen LogP contribution in [0.3, 0.4) is 0 Å². The third kappa shape index (κ3) is 6.70. The molecule has 0 bridgehead atoms. The van der Waals surface area contributed by atoms with Gasteiger partial charge in [0.15, 0.2) is 0 Å². The molecule has 2 rings (SSSR count). The number of carboxylic acids is 1. The van der Waals surface area contributed by atoms with Gasteiger partial charge in [-0.05, 0) is 29.7 Å². The molecular formula is C18H18ClNO4S. The molecule has 0 aromatic heterocycles. The molecule has 0 saturated heterocycles. The van der Waals surface area contributed by atoms with Crippen molar-refractivity contribution in [3.63, 3.8) is 0 Å². The van der Waals surface area contributed by atoms with Gasteiger partial charge in [-0.15, -0.1) is 0 Å². The van der Waals surface area contributed by atoms with Crippen LogP contribution in [-0.4, -0.2) is 25.5 Å². The molecule has 2 N–H and O–H groups in total. The fraction of sp³-hybridized carbons (Fsp3) is 0.167. The first kappa shape index (κ1) is 19.2. The summed E-state index contributed by atoms with van der Waals surface area (Å²) in [4.78, 5) is 11.3. The lowest BCUT2D eigenvalue weighted by atomic mass is 10.1. The fourth-order valence-electron chi connectivity index (χ4n) is 2.20. The van der Waals surface area contributed by atoms with E-state index in [1.807, 2.05) is 6.07 Å². The average Bonchev–Trinajstić information content (AvgIpc) is 2.54. The van der Waals surface area contributed by atoms with Crippen LogP contribution in [0.15, 0.2) is 60.7 Å². The Labute approximate surface area is 152 Å². The zero-order valence-electron chi connectivity index (χ0n) is 13.3. The van der Waals surface area contributed by atoms with Crippen molar-refractivity contribution < 1.29 is 18.3 Å². The van der Waals surface area contributed by atoms with E-state index < -0.39 is 22.0 Å². The molecular weight excluding hydrogens is 362 g/mol. The molecule has 1 atom stereocenters. The second-order valence-electron chi connectivity index (χ2n) is 5.45. The number of carboxylic acid groups (broad SMARTS) is 1. The van der Waals surface area contributed by atoms with Crippen molar-refractivity contribution in [2.24, 2.45) is 0 Å². The summed E-state index contributed by atoms with van der Waals surface area (Å²) in [5.74, 6) is -1.50. The molecule has 0 aliphatic carbocycles. The normalized spacial score (nSPS) is 13.0. The number of sulfonamides is 1. The van der Waals surface area contributed by atoms with Crippen LogP contribution in [0.2, 0.25) is 5.02 Å². The number of halogens is 1. The van der Waals surface area contributed by atoms with Crippen LogP contribution in [-0.2, 0) is 20.6 Å². The monoisotopic (exact) mass is 379 g/mol. The maximum Gasteiger partial charge on any atom is 0.322 e. The van der Waals surface area contributed by atoms with Crippen LogP contribution in [0, 0.1) is 0 Å². The summed E-state index contributed by atoms with van der Waals surface area (Å²) in [5, 5.41) is 9.83. The van der Waals surface area contributed by atoms with Crippen LogP contribution >= 0.6 is 11.6 Å². The standard InChI is InChI=1S/C18H18ClNO4S/c19-16-10-4-8-14(12-16)9-5-11-17(18(21)22)20-25(23,24)13-15-6-2-1-3-7-15/h1-10,12,17,20H,11,13H2,(H,21,22)/b9-5+/t17-/m1/s1. The molecule has 0 fully saturated rings. The highest BCUT2D eigenvalue weighted by Gasteiger charge is 2.23. The average molecular weight is 380 g/mol. The molecule has 0 amide bonds. The number of hydrogen-bond donors (Lipinski definition) is 2. The summed E-state index contributed by atoms with van der Waals surface area (Å²) in [5.41, 5.74) is 1.40. The second-order valence-corrected chi connectivity index (χ2v) is 7.64. The van der Waals surface area contributed by atoms with Crippen molar-refractivity contribution in [2.75, 3.05) is 0 Å². The molecule has 7 heteroatoms. The van der Waals surface area contributed by atoms with Crippen LogP contribution in [0.25, 0.3) is 6.08 Å². The van der Waals surface area contributed by atoms with Gasteiger partial charge >= 0.3 is 5.97 Å². The van der Waals surface area contributed by atoms with Crippen molar-refractivity contribution in [3.8, 4) is 0 Å². The van der Waals surface area contributed by atoms with Gasteiger partial charge in [0.2, 0.25) is 10.0 Å². The lowest BCUT2D eigenvalue weighted by Gasteiger charge is -2.13. The molecule has 0 aliphatic heterocycles. The van der Waals surface area contributed by atoms with E-state index >= 15 is 0 Å². The first-order valence-electron chi connectivity index (χ1n) is 7.54. The number of benzene rings is 2. The van der Waals surface area contributed by atoms with E-state index in [9.17, 15) is 18.3 Å². The highest BCUT2D eigenvalue weighted by Crippen LogP contribution is 2.13. The maximum absolute atomic E-state index is 12.2. The molecule has 0 saturated carbocycles. The Kier molecular flexibility index (Phi) is 6.75. The van der Waals surface area contributed by atoms with Gasteiger partial charge < -0.3 is 5.11 Å². The molecule has 0 unspecified atom stereocenters. The van der Waals surface area contributed by atoms with Gasteiger partial charge in [0, 0.05) is 5.02 Å². The quantitative estimate of drug-likeness (QED) is 0.737. The molecule has 0 aliphatic rings. The Morgan fingerprint density at radius 3 is 2.52 bits per heavy atom. The summed E-state index contributed by atoms with van der Waals surface area (Å²) in [6, 6.07) is 14.4. The largest absolute Gasteiger partial charge is 0.480 e. The van der Waals surface area contributed by atoms with E-state index in [2.05, 4.69) is 4.72 Å². The molecule has 0 heterocycles. The van der Waals surface area contributed by atoms with Crippen LogP contribution in [0.1, 0.15) is 17.5 Å². The Hall–Kier alpha value is -2.15. The number of hydrogen-bond acceptors (Lipinski definition) is 3. The van der Waals surface area contributed by atoms with Crippen molar-refractivity contribution in [1.82, 2.24) is 4.72 Å². The molecule has 2 aromatic carbocycles. The van der Waals surface area contributed by atoms with E-state index in [0.717, 1.165) is 5.56 Å². The lowest BCUT2D eigenvalue weighted by molar-refractivity contribution is -0.138. The first-order valence-corrected chi connectivity index (χ1v) is 9.57. The number of nitrogens with one attached hydrogen (secondary N) is 1. The van der Waals surface area contributed by atoms with Gasteiger partial charge in [-0.1, -0.05) is 66.2 Å². The summed E-state index contributed by atoms with van der Waals surface area (Å²) >= 11 is 5.88. The Morgan fingerprint density at radius 1 is 1.16 bits per heavy atom. The molecule has 5 nitrogen and oxygen atoms in total. The zero-order valence-corrected chi connectivity index (χ0v) is 14.9. The highest BCUT2D eigenvalue weighted by molar-refractivity contribution is 7.88. The predicted molar refractivity (Wildman–Crippen MR) is 98.7 cm³/mol. The number of carbonyl (C=O) groups is 1. The summed E-state index contributed by atoms with van der Waals surface area (Å²) in [6.45, 7) is 0. The fourth-order valence-corrected chi connectivity index (χ4v) is 3.75. The third-order valence-electron chi connectivity index (χ3n) is 3.35. The molecule has 0 radical (unpaired) electrons. The van der Waals surface area contributed by atoms with Crippen molar-refractivity contribution in [1.29, 1.82) is 0 Å². The van der Waals surface area contributed by atoms with Gasteiger partial charge in [-0.3, -0.25) is 4.79 Å². The van der Waals surface area contributed by atoms with E-state index in [-0.39, 0.29) is 12.2 Å². The Bertz CT molecular complexity index is 850. The predicted octanol–water partition coefficient (Wildman–Crippen LogP) is 3.32. The SMILES string of the molecule is O=C(O)[C@@H](C/C=C/c1cccc(Cl)c1)NS(=O)(=O)Cc1ccccc1. The minimum absolute atomic E-state index is 0.0237. The number of rotatable bonds is 8. The molecule has 2 aromatic rings. The van der Waals surface area contributed by atoms with Gasteiger partial charge in [0.05, 0.1) is 5.75 Å². The van der Waals surface area contributed by atoms with Gasteiger partial charge in [-0.2, -0.15) is 0 Å². The minimum Gasteiger partial charge on any atom is -0.480 e. The van der Waals surface area contributed by atoms with E-state index in [1.165, 1.54) is 0 Å². The second kappa shape index (κ2) is 8.80. The van der Waals surface area contributed by atoms with Crippen molar-refractivity contribution in [3.05, 3.63) is 76.8 Å². The van der Waals surface area contributed by atoms with E-state index in [4.69, 9.17) is 11.6 Å². The molecule has 132 valence electrons. The zero-order chi connectivity index (χ0) is 18.3. The van der Waals surface area contributed by atoms with Gasteiger partial charge in [0.1, 0.15) is 6.04 Å². The van der Waals surface area contributed by atoms with Crippen LogP contribution in [0.5, 0.6) is 0 Å². The first-order chi connectivity index (χ1) is 11.9. The minimum atomic E-state index is -3.77. The Morgan fingerprint density at radius 2 is 1.88 bits per heavy atom. The topological polar surface area (TPSA) is 83.5 Å². The van der Waals surface area contributed by atoms with Crippen molar-refractivity contribution >= 4 is 33.7 Å². The van der Waals surface area contributed by atoms with E-state index in [1.54, 1.807) is 60.7 Å².